The minimum atomic E-state index is -4.41. The minimum Gasteiger partial charge on any atom is -0.491 e. The van der Waals surface area contributed by atoms with Crippen LogP contribution in [0.4, 0.5) is 13.2 Å². The number of benzene rings is 1. The number of hydrogen-bond acceptors (Lipinski definition) is 2. The van der Waals surface area contributed by atoms with E-state index in [1.165, 1.54) is 18.2 Å². The molecule has 4 nitrogen and oxygen atoms in total. The van der Waals surface area contributed by atoms with Gasteiger partial charge < -0.3 is 15.4 Å². The number of hydrogen-bond donors (Lipinski definition) is 2. The van der Waals surface area contributed by atoms with E-state index in [1.54, 1.807) is 7.05 Å². The predicted molar refractivity (Wildman–Crippen MR) is 94.4 cm³/mol. The van der Waals surface area contributed by atoms with Crippen LogP contribution in [0.1, 0.15) is 18.9 Å². The van der Waals surface area contributed by atoms with Gasteiger partial charge in [-0.05, 0) is 24.5 Å². The molecule has 2 unspecified atom stereocenters. The summed E-state index contributed by atoms with van der Waals surface area (Å²) in [6, 6.07) is 5.63. The lowest BCUT2D eigenvalue weighted by Gasteiger charge is -2.15. The Morgan fingerprint density at radius 1 is 1.35 bits per heavy atom. The first-order valence-electron chi connectivity index (χ1n) is 7.18. The molecule has 2 N–H and O–H groups in total. The maximum absolute atomic E-state index is 12.8. The van der Waals surface area contributed by atoms with Crippen molar-refractivity contribution in [3.05, 3.63) is 29.8 Å². The largest absolute Gasteiger partial charge is 0.491 e. The van der Waals surface area contributed by atoms with Gasteiger partial charge in [-0.3, -0.25) is 4.99 Å². The second-order valence-electron chi connectivity index (χ2n) is 5.31. The number of aliphatic imine (C=N–C) groups is 1. The number of nitrogens with zero attached hydrogens (tertiary/aromatic N) is 1. The molecular weight excluding hydrogens is 422 g/mol. The van der Waals surface area contributed by atoms with Crippen molar-refractivity contribution in [2.24, 2.45) is 10.9 Å². The molecule has 0 amide bonds. The molecule has 130 valence electrons. The fourth-order valence-electron chi connectivity index (χ4n) is 2.05. The van der Waals surface area contributed by atoms with Crippen molar-refractivity contribution in [1.82, 2.24) is 10.6 Å². The van der Waals surface area contributed by atoms with Crippen LogP contribution < -0.4 is 15.4 Å². The maximum Gasteiger partial charge on any atom is 0.419 e. The smallest absolute Gasteiger partial charge is 0.419 e. The Labute approximate surface area is 150 Å². The molecule has 0 spiro atoms. The molecule has 1 saturated carbocycles. The number of nitrogens with one attached hydrogen (secondary N) is 2. The van der Waals surface area contributed by atoms with Crippen molar-refractivity contribution in [2.75, 3.05) is 20.2 Å². The number of halogens is 4. The van der Waals surface area contributed by atoms with Crippen LogP contribution in [0.5, 0.6) is 5.75 Å². The second-order valence-corrected chi connectivity index (χ2v) is 5.31. The van der Waals surface area contributed by atoms with Crippen LogP contribution in [0.3, 0.4) is 0 Å². The van der Waals surface area contributed by atoms with Gasteiger partial charge in [-0.2, -0.15) is 13.2 Å². The van der Waals surface area contributed by atoms with E-state index in [2.05, 4.69) is 22.5 Å². The van der Waals surface area contributed by atoms with Crippen LogP contribution in [-0.4, -0.2) is 32.2 Å². The van der Waals surface area contributed by atoms with Crippen molar-refractivity contribution < 1.29 is 17.9 Å². The zero-order valence-corrected chi connectivity index (χ0v) is 15.3. The third kappa shape index (κ3) is 6.08. The number of guanidine groups is 1. The van der Waals surface area contributed by atoms with Gasteiger partial charge >= 0.3 is 6.18 Å². The van der Waals surface area contributed by atoms with Gasteiger partial charge in [0, 0.05) is 13.1 Å². The maximum atomic E-state index is 12.8. The highest BCUT2D eigenvalue weighted by molar-refractivity contribution is 14.0. The molecule has 0 heterocycles. The highest BCUT2D eigenvalue weighted by atomic mass is 127. The molecule has 1 aliphatic rings. The highest BCUT2D eigenvalue weighted by Gasteiger charge is 2.34. The highest BCUT2D eigenvalue weighted by Crippen LogP contribution is 2.35. The summed E-state index contributed by atoms with van der Waals surface area (Å²) >= 11 is 0. The van der Waals surface area contributed by atoms with E-state index >= 15 is 0 Å². The van der Waals surface area contributed by atoms with E-state index in [-0.39, 0.29) is 36.3 Å². The van der Waals surface area contributed by atoms with E-state index < -0.39 is 11.7 Å². The third-order valence-corrected chi connectivity index (χ3v) is 3.50. The Hall–Kier alpha value is -1.19. The Balaban J connectivity index is 0.00000264. The van der Waals surface area contributed by atoms with Crippen molar-refractivity contribution in [3.8, 4) is 5.75 Å². The van der Waals surface area contributed by atoms with E-state index in [4.69, 9.17) is 4.74 Å². The summed E-state index contributed by atoms with van der Waals surface area (Å²) < 4.78 is 43.6. The SMILES string of the molecule is CN=C(NCCOc1ccccc1C(F)(F)F)NC1CC1C.I. The third-order valence-electron chi connectivity index (χ3n) is 3.50. The average molecular weight is 443 g/mol. The summed E-state index contributed by atoms with van der Waals surface area (Å²) in [4.78, 5) is 4.06. The molecule has 0 aromatic heterocycles. The molecular formula is C15H21F3IN3O. The topological polar surface area (TPSA) is 45.7 Å². The molecule has 0 saturated heterocycles. The van der Waals surface area contributed by atoms with Crippen molar-refractivity contribution >= 4 is 29.9 Å². The van der Waals surface area contributed by atoms with Gasteiger partial charge in [-0.15, -0.1) is 24.0 Å². The first-order chi connectivity index (χ1) is 10.4. The lowest BCUT2D eigenvalue weighted by molar-refractivity contribution is -0.138. The summed E-state index contributed by atoms with van der Waals surface area (Å²) in [5.74, 6) is 1.12. The van der Waals surface area contributed by atoms with E-state index in [1.807, 2.05) is 0 Å². The summed E-state index contributed by atoms with van der Waals surface area (Å²) in [6.45, 7) is 2.63. The van der Waals surface area contributed by atoms with Crippen LogP contribution >= 0.6 is 24.0 Å². The van der Waals surface area contributed by atoms with Crippen LogP contribution in [0, 0.1) is 5.92 Å². The normalized spacial score (nSPS) is 20.5. The molecule has 1 aromatic rings. The van der Waals surface area contributed by atoms with Crippen LogP contribution in [-0.2, 0) is 6.18 Å². The Morgan fingerprint density at radius 2 is 2.00 bits per heavy atom. The quantitative estimate of drug-likeness (QED) is 0.318. The zero-order valence-electron chi connectivity index (χ0n) is 13.0. The standard InChI is InChI=1S/C15H20F3N3O.HI/c1-10-9-12(10)21-14(19-2)20-7-8-22-13-6-4-3-5-11(13)15(16,17)18;/h3-6,10,12H,7-9H2,1-2H3,(H2,19,20,21);1H. The zero-order chi connectivity index (χ0) is 16.2. The molecule has 0 radical (unpaired) electrons. The summed E-state index contributed by atoms with van der Waals surface area (Å²) in [5.41, 5.74) is -0.760. The second kappa shape index (κ2) is 8.60. The summed E-state index contributed by atoms with van der Waals surface area (Å²) in [5, 5.41) is 6.25. The number of alkyl halides is 3. The van der Waals surface area contributed by atoms with E-state index in [0.717, 1.165) is 12.5 Å². The molecule has 0 aliphatic heterocycles. The molecule has 1 aromatic carbocycles. The Morgan fingerprint density at radius 3 is 2.57 bits per heavy atom. The van der Waals surface area contributed by atoms with Crippen molar-refractivity contribution in [1.29, 1.82) is 0 Å². The lowest BCUT2D eigenvalue weighted by Crippen LogP contribution is -2.40. The molecule has 8 heteroatoms. The summed E-state index contributed by atoms with van der Waals surface area (Å²) in [7, 11) is 1.65. The molecule has 1 fully saturated rings. The first kappa shape index (κ1) is 19.9. The minimum absolute atomic E-state index is 0. The van der Waals surface area contributed by atoms with Gasteiger partial charge in [0.25, 0.3) is 0 Å². The van der Waals surface area contributed by atoms with Gasteiger partial charge in [0.15, 0.2) is 5.96 Å². The lowest BCUT2D eigenvalue weighted by atomic mass is 10.2. The monoisotopic (exact) mass is 443 g/mol. The molecule has 1 aliphatic carbocycles. The van der Waals surface area contributed by atoms with Gasteiger partial charge in [0.2, 0.25) is 0 Å². The Bertz CT molecular complexity index is 537. The van der Waals surface area contributed by atoms with Crippen molar-refractivity contribution in [3.63, 3.8) is 0 Å². The van der Waals surface area contributed by atoms with Gasteiger partial charge in [-0.1, -0.05) is 19.1 Å². The fraction of sp³-hybridized carbons (Fsp3) is 0.533. The van der Waals surface area contributed by atoms with Crippen LogP contribution in [0.25, 0.3) is 0 Å². The Kier molecular flexibility index (Phi) is 7.43. The molecule has 0 bridgehead atoms. The summed E-state index contributed by atoms with van der Waals surface area (Å²) in [6.07, 6.45) is -3.31. The molecule has 2 atom stereocenters. The fourth-order valence-corrected chi connectivity index (χ4v) is 2.05. The van der Waals surface area contributed by atoms with E-state index in [0.29, 0.717) is 24.5 Å². The van der Waals surface area contributed by atoms with Gasteiger partial charge in [-0.25, -0.2) is 0 Å². The van der Waals surface area contributed by atoms with E-state index in [9.17, 15) is 13.2 Å². The number of ether oxygens (including phenoxy) is 1. The van der Waals surface area contributed by atoms with Gasteiger partial charge in [0.05, 0.1) is 12.1 Å². The van der Waals surface area contributed by atoms with Crippen molar-refractivity contribution in [2.45, 2.75) is 25.6 Å². The number of rotatable bonds is 5. The number of para-hydroxylation sites is 1. The van der Waals surface area contributed by atoms with Gasteiger partial charge in [0.1, 0.15) is 12.4 Å². The average Bonchev–Trinajstić information content (AvgIpc) is 3.17. The molecule has 2 rings (SSSR count). The predicted octanol–water partition coefficient (Wildman–Crippen LogP) is 3.28. The molecule has 23 heavy (non-hydrogen) atoms. The van der Waals surface area contributed by atoms with Crippen LogP contribution in [0.2, 0.25) is 0 Å². The van der Waals surface area contributed by atoms with Crippen LogP contribution in [0.15, 0.2) is 29.3 Å². The first-order valence-corrected chi connectivity index (χ1v) is 7.18.